The summed E-state index contributed by atoms with van der Waals surface area (Å²) in [7, 11) is 1.97. The van der Waals surface area contributed by atoms with Gasteiger partial charge in [0.1, 0.15) is 0 Å². The second-order valence-electron chi connectivity index (χ2n) is 6.43. The minimum atomic E-state index is 0.0373. The summed E-state index contributed by atoms with van der Waals surface area (Å²) in [5, 5.41) is 11.7. The zero-order valence-corrected chi connectivity index (χ0v) is 14.5. The smallest absolute Gasteiger partial charge is 0.0833 e. The van der Waals surface area contributed by atoms with Crippen LogP contribution in [0.5, 0.6) is 0 Å². The van der Waals surface area contributed by atoms with Crippen LogP contribution in [0, 0.1) is 6.92 Å². The zero-order chi connectivity index (χ0) is 17.6. The van der Waals surface area contributed by atoms with E-state index in [2.05, 4.69) is 41.9 Å². The molecule has 0 aliphatic rings. The van der Waals surface area contributed by atoms with Crippen molar-refractivity contribution in [2.75, 3.05) is 0 Å². The van der Waals surface area contributed by atoms with Crippen molar-refractivity contribution >= 4 is 27.4 Å². The highest BCUT2D eigenvalue weighted by Gasteiger charge is 2.11. The summed E-state index contributed by atoms with van der Waals surface area (Å²) >= 11 is 0. The fraction of sp³-hybridized carbons (Fsp3) is 0.136. The molecule has 0 spiro atoms. The zero-order valence-electron chi connectivity index (χ0n) is 14.5. The molecule has 0 saturated carbocycles. The van der Waals surface area contributed by atoms with E-state index >= 15 is 0 Å². The highest BCUT2D eigenvalue weighted by Crippen LogP contribution is 2.31. The van der Waals surface area contributed by atoms with E-state index in [1.807, 2.05) is 42.8 Å². The quantitative estimate of drug-likeness (QED) is 0.597. The number of rotatable bonds is 3. The van der Waals surface area contributed by atoms with E-state index in [1.54, 1.807) is 0 Å². The number of benzene rings is 2. The third-order valence-corrected chi connectivity index (χ3v) is 4.82. The monoisotopic (exact) mass is 328 g/mol. The van der Waals surface area contributed by atoms with Crippen LogP contribution in [0.4, 0.5) is 0 Å². The van der Waals surface area contributed by atoms with Crippen molar-refractivity contribution in [2.24, 2.45) is 7.05 Å². The summed E-state index contributed by atoms with van der Waals surface area (Å²) in [6.45, 7) is 6.41. The number of para-hydroxylation sites is 1. The lowest BCUT2D eigenvalue weighted by Crippen LogP contribution is -1.95. The van der Waals surface area contributed by atoms with Crippen molar-refractivity contribution in [3.05, 3.63) is 83.7 Å². The highest BCUT2D eigenvalue weighted by molar-refractivity contribution is 5.97. The molecule has 0 aliphatic carbocycles. The lowest BCUT2D eigenvalue weighted by molar-refractivity contribution is 0.273. The Bertz CT molecular complexity index is 1120. The standard InChI is InChI=1S/C22H20N2O/c1-14-10-20(19-6-4-5-7-21(19)23-14)15(2)16-8-9-22-17(11-16)12-18(13-25)24(22)3/h4-12,25H,2,13H2,1,3H3. The molecule has 0 unspecified atom stereocenters. The number of fused-ring (bicyclic) bond motifs is 2. The van der Waals surface area contributed by atoms with Crippen LogP contribution in [0.15, 0.2) is 61.2 Å². The molecule has 0 aliphatic heterocycles. The molecule has 2 aromatic carbocycles. The molecular formula is C22H20N2O. The average molecular weight is 328 g/mol. The van der Waals surface area contributed by atoms with Gasteiger partial charge in [-0.25, -0.2) is 0 Å². The number of pyridine rings is 1. The van der Waals surface area contributed by atoms with E-state index in [0.29, 0.717) is 0 Å². The van der Waals surface area contributed by atoms with Crippen molar-refractivity contribution in [3.63, 3.8) is 0 Å². The first-order valence-electron chi connectivity index (χ1n) is 8.34. The van der Waals surface area contributed by atoms with Crippen LogP contribution in [-0.2, 0) is 13.7 Å². The molecule has 0 fully saturated rings. The average Bonchev–Trinajstić information content (AvgIpc) is 2.95. The van der Waals surface area contributed by atoms with Gasteiger partial charge in [-0.2, -0.15) is 0 Å². The molecule has 124 valence electrons. The molecule has 2 heterocycles. The second kappa shape index (κ2) is 5.87. The fourth-order valence-electron chi connectivity index (χ4n) is 3.46. The predicted molar refractivity (Wildman–Crippen MR) is 103 cm³/mol. The molecule has 4 aromatic rings. The van der Waals surface area contributed by atoms with E-state index in [1.165, 1.54) is 0 Å². The third kappa shape index (κ3) is 2.53. The van der Waals surface area contributed by atoms with Gasteiger partial charge in [-0.1, -0.05) is 30.8 Å². The Hall–Kier alpha value is -2.91. The molecule has 3 nitrogen and oxygen atoms in total. The number of hydrogen-bond donors (Lipinski definition) is 1. The van der Waals surface area contributed by atoms with E-state index in [0.717, 1.165) is 49.9 Å². The van der Waals surface area contributed by atoms with E-state index in [9.17, 15) is 5.11 Å². The summed E-state index contributed by atoms with van der Waals surface area (Å²) in [6.07, 6.45) is 0. The van der Waals surface area contributed by atoms with Crippen molar-refractivity contribution in [1.29, 1.82) is 0 Å². The van der Waals surface area contributed by atoms with E-state index in [4.69, 9.17) is 0 Å². The van der Waals surface area contributed by atoms with Crippen LogP contribution in [0.2, 0.25) is 0 Å². The summed E-state index contributed by atoms with van der Waals surface area (Å²) in [5.74, 6) is 0. The van der Waals surface area contributed by atoms with Gasteiger partial charge in [-0.05, 0) is 54.0 Å². The van der Waals surface area contributed by atoms with Crippen LogP contribution in [0.3, 0.4) is 0 Å². The van der Waals surface area contributed by atoms with Crippen LogP contribution in [0.25, 0.3) is 27.4 Å². The van der Waals surface area contributed by atoms with Crippen molar-refractivity contribution in [1.82, 2.24) is 9.55 Å². The maximum Gasteiger partial charge on any atom is 0.0833 e. The first-order valence-corrected chi connectivity index (χ1v) is 8.34. The van der Waals surface area contributed by atoms with Gasteiger partial charge in [0.05, 0.1) is 12.1 Å². The summed E-state index contributed by atoms with van der Waals surface area (Å²) in [4.78, 5) is 4.62. The lowest BCUT2D eigenvalue weighted by atomic mass is 9.95. The van der Waals surface area contributed by atoms with Crippen LogP contribution < -0.4 is 0 Å². The molecule has 2 aromatic heterocycles. The van der Waals surface area contributed by atoms with Gasteiger partial charge in [0.15, 0.2) is 0 Å². The van der Waals surface area contributed by atoms with Crippen molar-refractivity contribution in [3.8, 4) is 0 Å². The maximum absolute atomic E-state index is 9.48. The molecule has 0 bridgehead atoms. The number of aryl methyl sites for hydroxylation is 2. The summed E-state index contributed by atoms with van der Waals surface area (Å²) < 4.78 is 2.02. The van der Waals surface area contributed by atoms with Crippen LogP contribution in [-0.4, -0.2) is 14.7 Å². The van der Waals surface area contributed by atoms with Gasteiger partial charge in [0, 0.05) is 34.7 Å². The predicted octanol–water partition coefficient (Wildman–Crippen LogP) is 4.59. The van der Waals surface area contributed by atoms with Gasteiger partial charge in [0.25, 0.3) is 0 Å². The number of aliphatic hydroxyl groups is 1. The van der Waals surface area contributed by atoms with E-state index < -0.39 is 0 Å². The first-order chi connectivity index (χ1) is 12.1. The fourth-order valence-corrected chi connectivity index (χ4v) is 3.46. The molecule has 4 rings (SSSR count). The Kier molecular flexibility index (Phi) is 3.66. The van der Waals surface area contributed by atoms with Gasteiger partial charge in [-0.15, -0.1) is 0 Å². The SMILES string of the molecule is C=C(c1ccc2c(c1)cc(CO)n2C)c1cc(C)nc2ccccc12. The summed E-state index contributed by atoms with van der Waals surface area (Å²) in [6, 6.07) is 18.6. The molecule has 3 heteroatoms. The Labute approximate surface area is 146 Å². The second-order valence-corrected chi connectivity index (χ2v) is 6.43. The Morgan fingerprint density at radius 2 is 1.92 bits per heavy atom. The van der Waals surface area contributed by atoms with Gasteiger partial charge in [-0.3, -0.25) is 4.98 Å². The molecule has 0 radical (unpaired) electrons. The summed E-state index contributed by atoms with van der Waals surface area (Å²) in [5.41, 5.74) is 7.16. The highest BCUT2D eigenvalue weighted by atomic mass is 16.3. The first kappa shape index (κ1) is 15.6. The largest absolute Gasteiger partial charge is 0.390 e. The van der Waals surface area contributed by atoms with E-state index in [-0.39, 0.29) is 6.61 Å². The van der Waals surface area contributed by atoms with Crippen molar-refractivity contribution < 1.29 is 5.11 Å². The van der Waals surface area contributed by atoms with Crippen LogP contribution in [0.1, 0.15) is 22.5 Å². The molecule has 0 amide bonds. The third-order valence-electron chi connectivity index (χ3n) is 4.82. The minimum Gasteiger partial charge on any atom is -0.390 e. The molecule has 0 saturated heterocycles. The molecule has 25 heavy (non-hydrogen) atoms. The Balaban J connectivity index is 1.88. The minimum absolute atomic E-state index is 0.0373. The van der Waals surface area contributed by atoms with Crippen molar-refractivity contribution in [2.45, 2.75) is 13.5 Å². The Morgan fingerprint density at radius 1 is 1.12 bits per heavy atom. The number of hydrogen-bond acceptors (Lipinski definition) is 2. The molecule has 0 atom stereocenters. The number of aromatic nitrogens is 2. The molecule has 1 N–H and O–H groups in total. The number of nitrogens with zero attached hydrogens (tertiary/aromatic N) is 2. The Morgan fingerprint density at radius 3 is 2.72 bits per heavy atom. The normalized spacial score (nSPS) is 11.3. The van der Waals surface area contributed by atoms with Gasteiger partial charge >= 0.3 is 0 Å². The van der Waals surface area contributed by atoms with Gasteiger partial charge in [0.2, 0.25) is 0 Å². The molecular weight excluding hydrogens is 308 g/mol. The number of aliphatic hydroxyl groups excluding tert-OH is 1. The lowest BCUT2D eigenvalue weighted by Gasteiger charge is -2.11. The van der Waals surface area contributed by atoms with Gasteiger partial charge < -0.3 is 9.67 Å². The topological polar surface area (TPSA) is 38.0 Å². The van der Waals surface area contributed by atoms with Crippen LogP contribution >= 0.6 is 0 Å². The maximum atomic E-state index is 9.48.